The summed E-state index contributed by atoms with van der Waals surface area (Å²) in [4.78, 5) is 18.4. The lowest BCUT2D eigenvalue weighted by Crippen LogP contribution is -2.34. The van der Waals surface area contributed by atoms with Gasteiger partial charge in [-0.05, 0) is 49.5 Å². The van der Waals surface area contributed by atoms with Crippen LogP contribution in [0.1, 0.15) is 41.5 Å². The molecule has 2 heterocycles. The Bertz CT molecular complexity index is 685. The fourth-order valence-corrected chi connectivity index (χ4v) is 3.55. The van der Waals surface area contributed by atoms with Crippen molar-refractivity contribution in [2.45, 2.75) is 39.3 Å². The van der Waals surface area contributed by atoms with E-state index in [1.165, 1.54) is 31.3 Å². The highest BCUT2D eigenvalue weighted by atomic mass is 16.5. The summed E-state index contributed by atoms with van der Waals surface area (Å²) in [6, 6.07) is 7.74. The molecule has 0 radical (unpaired) electrons. The molecule has 1 aromatic heterocycles. The van der Waals surface area contributed by atoms with E-state index < -0.39 is 0 Å². The van der Waals surface area contributed by atoms with E-state index in [0.29, 0.717) is 5.56 Å². The van der Waals surface area contributed by atoms with Gasteiger partial charge in [-0.3, -0.25) is 4.90 Å². The number of hydrogen-bond donors (Lipinski definition) is 0. The minimum atomic E-state index is -0.279. The Morgan fingerprint density at radius 2 is 1.96 bits per heavy atom. The Hall–Kier alpha value is -2.14. The molecule has 0 amide bonds. The topological polar surface area (TPSA) is 47.4 Å². The molecule has 0 atom stereocenters. The van der Waals surface area contributed by atoms with Crippen molar-refractivity contribution in [1.82, 2.24) is 14.5 Å². The van der Waals surface area contributed by atoms with E-state index in [1.807, 2.05) is 30.5 Å². The standard InChI is InChI=1S/C20H27N3O2/c1-3-19-21-10-13-23(19)15-17-8-11-22(12-9-17)14-16-4-6-18(7-5-16)20(24)25-2/h4-7,10,13,17H,3,8-9,11-12,14-15H2,1-2H3. The number of esters is 1. The Morgan fingerprint density at radius 3 is 2.60 bits per heavy atom. The molecule has 0 aliphatic carbocycles. The van der Waals surface area contributed by atoms with Crippen molar-refractivity contribution in [3.63, 3.8) is 0 Å². The number of aryl methyl sites for hydroxylation is 1. The molecule has 0 N–H and O–H groups in total. The first kappa shape index (κ1) is 17.7. The van der Waals surface area contributed by atoms with Crippen LogP contribution in [0.25, 0.3) is 0 Å². The second-order valence-corrected chi connectivity index (χ2v) is 6.76. The average Bonchev–Trinajstić information content (AvgIpc) is 3.10. The molecule has 1 aliphatic rings. The van der Waals surface area contributed by atoms with Gasteiger partial charge >= 0.3 is 5.97 Å². The lowest BCUT2D eigenvalue weighted by Gasteiger charge is -2.32. The molecular formula is C20H27N3O2. The number of benzene rings is 1. The third-order valence-corrected chi connectivity index (χ3v) is 5.06. The van der Waals surface area contributed by atoms with Crippen LogP contribution in [0.4, 0.5) is 0 Å². The molecule has 1 fully saturated rings. The number of methoxy groups -OCH3 is 1. The van der Waals surface area contributed by atoms with Gasteiger partial charge in [0.1, 0.15) is 5.82 Å². The number of piperidine rings is 1. The SMILES string of the molecule is CCc1nccn1CC1CCN(Cc2ccc(C(=O)OC)cc2)CC1. The van der Waals surface area contributed by atoms with Gasteiger partial charge in [-0.25, -0.2) is 9.78 Å². The second-order valence-electron chi connectivity index (χ2n) is 6.76. The molecule has 0 unspecified atom stereocenters. The highest BCUT2D eigenvalue weighted by Gasteiger charge is 2.20. The van der Waals surface area contributed by atoms with Gasteiger partial charge in [0, 0.05) is 31.9 Å². The number of rotatable bonds is 6. The molecule has 25 heavy (non-hydrogen) atoms. The summed E-state index contributed by atoms with van der Waals surface area (Å²) < 4.78 is 7.05. The van der Waals surface area contributed by atoms with Gasteiger partial charge in [-0.2, -0.15) is 0 Å². The Morgan fingerprint density at radius 1 is 1.24 bits per heavy atom. The van der Waals surface area contributed by atoms with E-state index in [-0.39, 0.29) is 5.97 Å². The van der Waals surface area contributed by atoms with Gasteiger partial charge in [0.25, 0.3) is 0 Å². The smallest absolute Gasteiger partial charge is 0.337 e. The quantitative estimate of drug-likeness (QED) is 0.757. The van der Waals surface area contributed by atoms with Gasteiger partial charge in [0.15, 0.2) is 0 Å². The summed E-state index contributed by atoms with van der Waals surface area (Å²) in [6.07, 6.45) is 7.45. The number of aromatic nitrogens is 2. The number of nitrogens with zero attached hydrogens (tertiary/aromatic N) is 3. The maximum absolute atomic E-state index is 11.5. The zero-order valence-corrected chi connectivity index (χ0v) is 15.1. The van der Waals surface area contributed by atoms with Crippen molar-refractivity contribution in [3.8, 4) is 0 Å². The van der Waals surface area contributed by atoms with E-state index in [2.05, 4.69) is 27.6 Å². The minimum Gasteiger partial charge on any atom is -0.465 e. The van der Waals surface area contributed by atoms with Gasteiger partial charge in [-0.15, -0.1) is 0 Å². The number of hydrogen-bond acceptors (Lipinski definition) is 4. The summed E-state index contributed by atoms with van der Waals surface area (Å²) in [7, 11) is 1.41. The first-order valence-corrected chi connectivity index (χ1v) is 9.09. The van der Waals surface area contributed by atoms with Gasteiger partial charge in [-0.1, -0.05) is 19.1 Å². The van der Waals surface area contributed by atoms with Crippen molar-refractivity contribution in [2.24, 2.45) is 5.92 Å². The summed E-state index contributed by atoms with van der Waals surface area (Å²) in [5.74, 6) is 1.64. The average molecular weight is 341 g/mol. The highest BCUT2D eigenvalue weighted by Crippen LogP contribution is 2.21. The first-order valence-electron chi connectivity index (χ1n) is 9.09. The summed E-state index contributed by atoms with van der Waals surface area (Å²) >= 11 is 0. The summed E-state index contributed by atoms with van der Waals surface area (Å²) in [5, 5.41) is 0. The Labute approximate surface area is 149 Å². The predicted octanol–water partition coefficient (Wildman–Crippen LogP) is 3.14. The van der Waals surface area contributed by atoms with Crippen molar-refractivity contribution in [2.75, 3.05) is 20.2 Å². The van der Waals surface area contributed by atoms with Crippen LogP contribution in [0.2, 0.25) is 0 Å². The van der Waals surface area contributed by atoms with Crippen molar-refractivity contribution < 1.29 is 9.53 Å². The van der Waals surface area contributed by atoms with E-state index in [1.54, 1.807) is 0 Å². The monoisotopic (exact) mass is 341 g/mol. The van der Waals surface area contributed by atoms with Crippen LogP contribution in [0.5, 0.6) is 0 Å². The van der Waals surface area contributed by atoms with Crippen molar-refractivity contribution in [1.29, 1.82) is 0 Å². The molecule has 2 aromatic rings. The van der Waals surface area contributed by atoms with Crippen LogP contribution in [0.3, 0.4) is 0 Å². The van der Waals surface area contributed by atoms with Gasteiger partial charge < -0.3 is 9.30 Å². The van der Waals surface area contributed by atoms with E-state index in [9.17, 15) is 4.79 Å². The highest BCUT2D eigenvalue weighted by molar-refractivity contribution is 5.89. The minimum absolute atomic E-state index is 0.279. The van der Waals surface area contributed by atoms with Crippen molar-refractivity contribution in [3.05, 3.63) is 53.6 Å². The normalized spacial score (nSPS) is 16.1. The largest absolute Gasteiger partial charge is 0.465 e. The summed E-state index contributed by atoms with van der Waals surface area (Å²) in [5.41, 5.74) is 1.85. The van der Waals surface area contributed by atoms with Crippen molar-refractivity contribution >= 4 is 5.97 Å². The molecule has 0 saturated carbocycles. The Balaban J connectivity index is 1.48. The number of likely N-dealkylation sites (tertiary alicyclic amines) is 1. The zero-order valence-electron chi connectivity index (χ0n) is 15.1. The molecule has 3 rings (SSSR count). The number of carbonyl (C=O) groups excluding carboxylic acids is 1. The number of carbonyl (C=O) groups is 1. The third kappa shape index (κ3) is 4.48. The molecule has 1 aromatic carbocycles. The number of ether oxygens (including phenoxy) is 1. The molecule has 0 spiro atoms. The fraction of sp³-hybridized carbons (Fsp3) is 0.500. The molecule has 134 valence electrons. The van der Waals surface area contributed by atoms with Gasteiger partial charge in [0.05, 0.1) is 12.7 Å². The molecule has 1 aliphatic heterocycles. The maximum atomic E-state index is 11.5. The molecular weight excluding hydrogens is 314 g/mol. The van der Waals surface area contributed by atoms with Crippen LogP contribution < -0.4 is 0 Å². The van der Waals surface area contributed by atoms with E-state index >= 15 is 0 Å². The molecule has 0 bridgehead atoms. The van der Waals surface area contributed by atoms with E-state index in [0.717, 1.165) is 38.5 Å². The molecule has 1 saturated heterocycles. The molecule has 5 nitrogen and oxygen atoms in total. The molecule has 5 heteroatoms. The van der Waals surface area contributed by atoms with Gasteiger partial charge in [0.2, 0.25) is 0 Å². The van der Waals surface area contributed by atoms with Crippen LogP contribution in [0.15, 0.2) is 36.7 Å². The third-order valence-electron chi connectivity index (χ3n) is 5.06. The first-order chi connectivity index (χ1) is 12.2. The van der Waals surface area contributed by atoms with Crippen LogP contribution in [0, 0.1) is 5.92 Å². The van der Waals surface area contributed by atoms with E-state index in [4.69, 9.17) is 4.74 Å². The lowest BCUT2D eigenvalue weighted by atomic mass is 9.96. The predicted molar refractivity (Wildman–Crippen MR) is 97.4 cm³/mol. The van der Waals surface area contributed by atoms with Crippen LogP contribution in [-0.4, -0.2) is 40.6 Å². The van der Waals surface area contributed by atoms with Crippen LogP contribution in [-0.2, 0) is 24.2 Å². The number of imidazole rings is 1. The maximum Gasteiger partial charge on any atom is 0.337 e. The zero-order chi connectivity index (χ0) is 17.6. The lowest BCUT2D eigenvalue weighted by molar-refractivity contribution is 0.0600. The Kier molecular flexibility index (Phi) is 5.87. The van der Waals surface area contributed by atoms with Crippen LogP contribution >= 0.6 is 0 Å². The second kappa shape index (κ2) is 8.30. The summed E-state index contributed by atoms with van der Waals surface area (Å²) in [6.45, 7) is 6.44. The fourth-order valence-electron chi connectivity index (χ4n) is 3.55.